The number of hydrogen-bond donors (Lipinski definition) is 5. The largest absolute Gasteiger partial charge is 0.455 e. The Morgan fingerprint density at radius 1 is 1.11 bits per heavy atom. The lowest BCUT2D eigenvalue weighted by atomic mass is 9.87. The highest BCUT2D eigenvalue weighted by Crippen LogP contribution is 2.44. The Hall–Kier alpha value is -2.75. The second kappa shape index (κ2) is 9.47. The van der Waals surface area contributed by atoms with Crippen LogP contribution in [0.3, 0.4) is 0 Å². The third-order valence-electron chi connectivity index (χ3n) is 6.63. The summed E-state index contributed by atoms with van der Waals surface area (Å²) < 4.78 is 65.9. The number of aromatic nitrogens is 4. The topological polar surface area (TPSA) is 136 Å². The van der Waals surface area contributed by atoms with Gasteiger partial charge in [-0.05, 0) is 46.6 Å². The Balaban J connectivity index is 1.78. The molecule has 3 heterocycles. The fraction of sp³-hybridized carbons (Fsp3) is 0.565. The van der Waals surface area contributed by atoms with E-state index in [4.69, 9.17) is 0 Å². The van der Waals surface area contributed by atoms with Gasteiger partial charge in [0, 0.05) is 12.1 Å². The molecule has 4 rings (SSSR count). The van der Waals surface area contributed by atoms with Gasteiger partial charge < -0.3 is 26.0 Å². The van der Waals surface area contributed by atoms with Crippen LogP contribution in [-0.2, 0) is 0 Å². The van der Waals surface area contributed by atoms with Crippen molar-refractivity contribution in [3.63, 3.8) is 0 Å². The molecule has 0 saturated heterocycles. The molecule has 1 aliphatic carbocycles. The van der Waals surface area contributed by atoms with Gasteiger partial charge in [0.25, 0.3) is 0 Å². The number of halogens is 5. The van der Waals surface area contributed by atoms with E-state index in [9.17, 15) is 37.3 Å². The minimum Gasteiger partial charge on any atom is -0.390 e. The van der Waals surface area contributed by atoms with Crippen LogP contribution in [0.5, 0.6) is 0 Å². The molecule has 3 atom stereocenters. The number of thiazole rings is 1. The molecule has 0 radical (unpaired) electrons. The molecule has 0 spiro atoms. The van der Waals surface area contributed by atoms with E-state index in [1.54, 1.807) is 19.2 Å². The average molecular weight is 563 g/mol. The molecule has 1 fully saturated rings. The van der Waals surface area contributed by atoms with Crippen LogP contribution < -0.4 is 10.6 Å². The molecule has 208 valence electrons. The Bertz CT molecular complexity index is 1350. The molecule has 0 unspecified atom stereocenters. The molecule has 9 nitrogen and oxygen atoms in total. The molecule has 0 bridgehead atoms. The maximum absolute atomic E-state index is 13.5. The Morgan fingerprint density at radius 2 is 1.79 bits per heavy atom. The zero-order valence-electron chi connectivity index (χ0n) is 20.9. The number of alkyl halides is 5. The van der Waals surface area contributed by atoms with Crippen molar-refractivity contribution in [3.05, 3.63) is 23.7 Å². The minimum absolute atomic E-state index is 0.0108. The molecule has 0 aliphatic heterocycles. The summed E-state index contributed by atoms with van der Waals surface area (Å²) >= 11 is 1.24. The first-order valence-electron chi connectivity index (χ1n) is 11.6. The molecule has 1 saturated carbocycles. The van der Waals surface area contributed by atoms with Crippen molar-refractivity contribution >= 4 is 33.3 Å². The van der Waals surface area contributed by atoms with E-state index in [2.05, 4.69) is 25.3 Å². The first-order chi connectivity index (χ1) is 17.4. The lowest BCUT2D eigenvalue weighted by molar-refractivity contribution is -0.275. The van der Waals surface area contributed by atoms with Crippen LogP contribution in [0.2, 0.25) is 0 Å². The van der Waals surface area contributed by atoms with E-state index >= 15 is 0 Å². The van der Waals surface area contributed by atoms with Gasteiger partial charge in [-0.2, -0.15) is 26.9 Å². The van der Waals surface area contributed by atoms with Gasteiger partial charge in [-0.15, -0.1) is 11.3 Å². The van der Waals surface area contributed by atoms with E-state index in [0.717, 1.165) is 4.70 Å². The number of nitrogens with one attached hydrogen (secondary N) is 2. The summed E-state index contributed by atoms with van der Waals surface area (Å²) in [5.74, 6) is -6.45. The van der Waals surface area contributed by atoms with Gasteiger partial charge in [0.05, 0.1) is 33.8 Å². The maximum Gasteiger partial charge on any atom is 0.455 e. The van der Waals surface area contributed by atoms with Gasteiger partial charge in [-0.1, -0.05) is 0 Å². The number of aliphatic hydroxyl groups excluding tert-OH is 1. The monoisotopic (exact) mass is 562 g/mol. The van der Waals surface area contributed by atoms with Gasteiger partial charge in [-0.25, -0.2) is 9.97 Å². The third kappa shape index (κ3) is 5.24. The smallest absolute Gasteiger partial charge is 0.390 e. The van der Waals surface area contributed by atoms with Gasteiger partial charge >= 0.3 is 12.1 Å². The number of hydrogen-bond acceptors (Lipinski definition) is 10. The Kier molecular flexibility index (Phi) is 7.04. The quantitative estimate of drug-likeness (QED) is 0.214. The minimum atomic E-state index is -5.78. The van der Waals surface area contributed by atoms with Crippen molar-refractivity contribution in [1.82, 2.24) is 19.9 Å². The van der Waals surface area contributed by atoms with Gasteiger partial charge in [-0.3, -0.25) is 4.98 Å². The molecule has 0 aromatic carbocycles. The Morgan fingerprint density at radius 3 is 2.37 bits per heavy atom. The van der Waals surface area contributed by atoms with Crippen LogP contribution >= 0.6 is 11.3 Å². The predicted molar refractivity (Wildman–Crippen MR) is 131 cm³/mol. The third-order valence-corrected chi connectivity index (χ3v) is 7.66. The average Bonchev–Trinajstić information content (AvgIpc) is 3.33. The molecule has 1 aliphatic rings. The zero-order chi connectivity index (χ0) is 28.3. The standard InChI is InChI=1S/C23H27F5N6O3S/c1-10-14(18-32-15-11(2)29-8-6-13(15)38-18)17(33-19(31-10)30-9-22(24,25)23(26,27)28)34-21(37)7-5-12(16(21)35)20(3,4)36/h6,8,12,16,35-37H,5,7,9H2,1-4H3,(H2,30,31,33,34)/t12-,16+,21+/m0/s1. The molecule has 0 amide bonds. The fourth-order valence-corrected chi connectivity index (χ4v) is 5.58. The summed E-state index contributed by atoms with van der Waals surface area (Å²) in [5.41, 5.74) is -1.67. The molecule has 38 heavy (non-hydrogen) atoms. The highest BCUT2D eigenvalue weighted by Gasteiger charge is 2.57. The van der Waals surface area contributed by atoms with Crippen LogP contribution in [-0.4, -0.2) is 71.3 Å². The van der Waals surface area contributed by atoms with E-state index in [-0.39, 0.29) is 29.9 Å². The van der Waals surface area contributed by atoms with Crippen LogP contribution in [0.1, 0.15) is 38.1 Å². The van der Waals surface area contributed by atoms with Gasteiger partial charge in [0.1, 0.15) is 22.4 Å². The summed E-state index contributed by atoms with van der Waals surface area (Å²) in [6.07, 6.45) is -5.41. The first kappa shape index (κ1) is 28.3. The highest BCUT2D eigenvalue weighted by atomic mass is 32.1. The summed E-state index contributed by atoms with van der Waals surface area (Å²) in [6, 6.07) is 1.74. The van der Waals surface area contributed by atoms with Crippen LogP contribution in [0.4, 0.5) is 33.7 Å². The first-order valence-corrected chi connectivity index (χ1v) is 12.5. The maximum atomic E-state index is 13.5. The summed E-state index contributed by atoms with van der Waals surface area (Å²) in [7, 11) is 0. The molecule has 3 aromatic heterocycles. The van der Waals surface area contributed by atoms with Crippen molar-refractivity contribution < 1.29 is 37.3 Å². The number of fused-ring (bicyclic) bond motifs is 1. The highest BCUT2D eigenvalue weighted by molar-refractivity contribution is 7.21. The summed E-state index contributed by atoms with van der Waals surface area (Å²) in [6.45, 7) is 4.42. The number of nitrogens with zero attached hydrogens (tertiary/aromatic N) is 4. The van der Waals surface area contributed by atoms with E-state index in [1.165, 1.54) is 32.1 Å². The van der Waals surface area contributed by atoms with E-state index in [1.807, 2.05) is 5.32 Å². The molecular weight excluding hydrogens is 535 g/mol. The number of anilines is 2. The van der Waals surface area contributed by atoms with Crippen molar-refractivity contribution in [1.29, 1.82) is 0 Å². The SMILES string of the molecule is Cc1nc(NCC(F)(F)C(F)(F)F)nc(N[C@@]2(O)CC[C@H](C(C)(C)O)[C@H]2O)c1-c1nc2c(C)nccc2s1. The number of rotatable bonds is 7. The molecule has 15 heteroatoms. The summed E-state index contributed by atoms with van der Waals surface area (Å²) in [4.78, 5) is 17.0. The molecule has 3 aromatic rings. The lowest BCUT2D eigenvalue weighted by Crippen LogP contribution is -2.51. The second-order valence-corrected chi connectivity index (χ2v) is 11.0. The van der Waals surface area contributed by atoms with E-state index in [0.29, 0.717) is 16.2 Å². The van der Waals surface area contributed by atoms with Crippen LogP contribution in [0.25, 0.3) is 20.8 Å². The Labute approximate surface area is 218 Å². The predicted octanol–water partition coefficient (Wildman–Crippen LogP) is 4.02. The van der Waals surface area contributed by atoms with E-state index < -0.39 is 47.9 Å². The van der Waals surface area contributed by atoms with Crippen molar-refractivity contribution in [2.24, 2.45) is 5.92 Å². The summed E-state index contributed by atoms with van der Waals surface area (Å²) in [5, 5.41) is 37.6. The van der Waals surface area contributed by atoms with Crippen molar-refractivity contribution in [2.45, 2.75) is 70.1 Å². The zero-order valence-corrected chi connectivity index (χ0v) is 21.7. The van der Waals surface area contributed by atoms with Gasteiger partial charge in [0.15, 0.2) is 5.72 Å². The number of aryl methyl sites for hydroxylation is 2. The van der Waals surface area contributed by atoms with Gasteiger partial charge in [0.2, 0.25) is 5.95 Å². The van der Waals surface area contributed by atoms with Crippen LogP contribution in [0.15, 0.2) is 12.3 Å². The lowest BCUT2D eigenvalue weighted by Gasteiger charge is -2.34. The fourth-order valence-electron chi connectivity index (χ4n) is 4.47. The molecule has 5 N–H and O–H groups in total. The number of pyridine rings is 1. The van der Waals surface area contributed by atoms with Crippen molar-refractivity contribution in [3.8, 4) is 10.6 Å². The number of aliphatic hydroxyl groups is 3. The molecular formula is C23H27F5N6O3S. The van der Waals surface area contributed by atoms with Crippen LogP contribution in [0, 0.1) is 19.8 Å². The second-order valence-electron chi connectivity index (χ2n) is 9.97. The van der Waals surface area contributed by atoms with Crippen molar-refractivity contribution in [2.75, 3.05) is 17.2 Å². The normalized spacial score (nSPS) is 22.7.